The normalized spacial score (nSPS) is 10.8. The molecule has 1 heterocycles. The molecule has 25 heavy (non-hydrogen) atoms. The molecule has 0 fully saturated rings. The number of benzene rings is 1. The smallest absolute Gasteiger partial charge is 0.343 e. The van der Waals surface area contributed by atoms with Gasteiger partial charge >= 0.3 is 5.69 Å². The number of thioether (sulfide) groups is 1. The Hall–Kier alpha value is -1.77. The fraction of sp³-hybridized carbons (Fsp3) is 0.438. The average Bonchev–Trinajstić information content (AvgIpc) is 2.95. The Balaban J connectivity index is 1.74. The molecule has 136 valence electrons. The highest BCUT2D eigenvalue weighted by Gasteiger charge is 2.11. The number of halogens is 1. The third kappa shape index (κ3) is 6.56. The van der Waals surface area contributed by atoms with E-state index in [0.29, 0.717) is 36.3 Å². The van der Waals surface area contributed by atoms with Crippen molar-refractivity contribution in [2.75, 3.05) is 26.0 Å². The lowest BCUT2D eigenvalue weighted by Crippen LogP contribution is -2.27. The average molecular weight is 385 g/mol. The number of nitrogens with zero attached hydrogens (tertiary/aromatic N) is 2. The van der Waals surface area contributed by atoms with Crippen LogP contribution in [0.3, 0.4) is 0 Å². The van der Waals surface area contributed by atoms with Crippen LogP contribution in [0.5, 0.6) is 0 Å². The quantitative estimate of drug-likeness (QED) is 0.481. The van der Waals surface area contributed by atoms with Gasteiger partial charge in [0.1, 0.15) is 0 Å². The summed E-state index contributed by atoms with van der Waals surface area (Å²) in [5, 5.41) is 10.4. The van der Waals surface area contributed by atoms with E-state index in [0.717, 1.165) is 12.0 Å². The van der Waals surface area contributed by atoms with E-state index >= 15 is 0 Å². The van der Waals surface area contributed by atoms with Crippen molar-refractivity contribution in [1.82, 2.24) is 20.1 Å². The van der Waals surface area contributed by atoms with Crippen LogP contribution in [0.1, 0.15) is 12.0 Å². The summed E-state index contributed by atoms with van der Waals surface area (Å²) in [6, 6.07) is 7.53. The molecule has 1 aromatic carbocycles. The highest BCUT2D eigenvalue weighted by molar-refractivity contribution is 7.99. The highest BCUT2D eigenvalue weighted by Crippen LogP contribution is 2.13. The van der Waals surface area contributed by atoms with Gasteiger partial charge in [0.15, 0.2) is 5.16 Å². The largest absolute Gasteiger partial charge is 0.385 e. The van der Waals surface area contributed by atoms with Crippen molar-refractivity contribution in [3.8, 4) is 0 Å². The number of hydrogen-bond donors (Lipinski definition) is 2. The van der Waals surface area contributed by atoms with Gasteiger partial charge in [-0.25, -0.2) is 9.89 Å². The molecule has 0 spiro atoms. The minimum absolute atomic E-state index is 0.0992. The van der Waals surface area contributed by atoms with E-state index in [1.165, 1.54) is 16.3 Å². The van der Waals surface area contributed by atoms with Gasteiger partial charge in [-0.15, -0.1) is 5.10 Å². The van der Waals surface area contributed by atoms with Gasteiger partial charge in [-0.1, -0.05) is 35.5 Å². The molecule has 2 rings (SSSR count). The molecular weight excluding hydrogens is 364 g/mol. The Kier molecular flexibility index (Phi) is 8.03. The number of aromatic nitrogens is 3. The summed E-state index contributed by atoms with van der Waals surface area (Å²) in [7, 11) is 1.61. The lowest BCUT2D eigenvalue weighted by Gasteiger charge is -2.06. The van der Waals surface area contributed by atoms with Crippen molar-refractivity contribution >= 4 is 29.3 Å². The summed E-state index contributed by atoms with van der Waals surface area (Å²) in [6.07, 6.45) is 1.44. The Bertz CT molecular complexity index is 730. The van der Waals surface area contributed by atoms with Crippen molar-refractivity contribution in [2.24, 2.45) is 0 Å². The Morgan fingerprint density at radius 2 is 2.16 bits per heavy atom. The number of carbonyl (C=O) groups is 1. The van der Waals surface area contributed by atoms with Gasteiger partial charge in [-0.3, -0.25) is 9.36 Å². The van der Waals surface area contributed by atoms with Crippen LogP contribution in [0.2, 0.25) is 5.02 Å². The molecule has 0 aliphatic carbocycles. The minimum Gasteiger partial charge on any atom is -0.385 e. The second-order valence-electron chi connectivity index (χ2n) is 5.32. The van der Waals surface area contributed by atoms with Crippen LogP contribution in [0.25, 0.3) is 0 Å². The SMILES string of the molecule is COCCCn1c(SCC(=O)NCCc2ccc(Cl)cc2)n[nH]c1=O. The fourth-order valence-electron chi connectivity index (χ4n) is 2.16. The van der Waals surface area contributed by atoms with E-state index in [2.05, 4.69) is 15.5 Å². The predicted octanol–water partition coefficient (Wildman–Crippen LogP) is 1.71. The zero-order chi connectivity index (χ0) is 18.1. The van der Waals surface area contributed by atoms with Gasteiger partial charge in [0, 0.05) is 31.8 Å². The maximum Gasteiger partial charge on any atom is 0.343 e. The van der Waals surface area contributed by atoms with Crippen molar-refractivity contribution in [1.29, 1.82) is 0 Å². The van der Waals surface area contributed by atoms with Crippen LogP contribution in [0.15, 0.2) is 34.2 Å². The molecule has 9 heteroatoms. The molecule has 0 saturated heterocycles. The first-order valence-corrected chi connectivity index (χ1v) is 9.24. The van der Waals surface area contributed by atoms with E-state index in [9.17, 15) is 9.59 Å². The monoisotopic (exact) mass is 384 g/mol. The standard InChI is InChI=1S/C16H21ClN4O3S/c1-24-10-2-9-21-15(23)19-20-16(21)25-11-14(22)18-8-7-12-3-5-13(17)6-4-12/h3-6H,2,7-11H2,1H3,(H,18,22)(H,19,23). The summed E-state index contributed by atoms with van der Waals surface area (Å²) in [4.78, 5) is 23.7. The number of methoxy groups -OCH3 is 1. The second kappa shape index (κ2) is 10.3. The summed E-state index contributed by atoms with van der Waals surface area (Å²) >= 11 is 7.07. The van der Waals surface area contributed by atoms with Gasteiger partial charge < -0.3 is 10.1 Å². The number of nitrogens with one attached hydrogen (secondary N) is 2. The molecule has 1 amide bonds. The Morgan fingerprint density at radius 1 is 1.40 bits per heavy atom. The van der Waals surface area contributed by atoms with E-state index in [-0.39, 0.29) is 17.3 Å². The van der Waals surface area contributed by atoms with Crippen molar-refractivity contribution < 1.29 is 9.53 Å². The zero-order valence-corrected chi connectivity index (χ0v) is 15.5. The summed E-state index contributed by atoms with van der Waals surface area (Å²) < 4.78 is 6.50. The van der Waals surface area contributed by atoms with Crippen LogP contribution < -0.4 is 11.0 Å². The van der Waals surface area contributed by atoms with Crippen molar-refractivity contribution in [3.63, 3.8) is 0 Å². The van der Waals surface area contributed by atoms with Crippen molar-refractivity contribution in [2.45, 2.75) is 24.5 Å². The molecule has 0 aliphatic rings. The molecule has 2 N–H and O–H groups in total. The topological polar surface area (TPSA) is 89.0 Å². The minimum atomic E-state index is -0.276. The van der Waals surface area contributed by atoms with Crippen LogP contribution >= 0.6 is 23.4 Å². The van der Waals surface area contributed by atoms with Crippen molar-refractivity contribution in [3.05, 3.63) is 45.3 Å². The lowest BCUT2D eigenvalue weighted by atomic mass is 10.1. The number of amides is 1. The van der Waals surface area contributed by atoms with E-state index < -0.39 is 0 Å². The summed E-state index contributed by atoms with van der Waals surface area (Å²) in [5.74, 6) is 0.104. The first-order chi connectivity index (χ1) is 12.1. The van der Waals surface area contributed by atoms with Gasteiger partial charge in [0.25, 0.3) is 0 Å². The van der Waals surface area contributed by atoms with Crippen LogP contribution in [0.4, 0.5) is 0 Å². The molecular formula is C16H21ClN4O3S. The molecule has 0 bridgehead atoms. The van der Waals surface area contributed by atoms with Gasteiger partial charge in [0.2, 0.25) is 5.91 Å². The van der Waals surface area contributed by atoms with Crippen LogP contribution in [-0.2, 0) is 22.5 Å². The number of rotatable bonds is 10. The highest BCUT2D eigenvalue weighted by atomic mass is 35.5. The first-order valence-electron chi connectivity index (χ1n) is 7.88. The number of H-pyrrole nitrogens is 1. The number of aromatic amines is 1. The Morgan fingerprint density at radius 3 is 2.88 bits per heavy atom. The third-order valence-electron chi connectivity index (χ3n) is 3.43. The fourth-order valence-corrected chi connectivity index (χ4v) is 3.08. The lowest BCUT2D eigenvalue weighted by molar-refractivity contribution is -0.118. The molecule has 1 aromatic heterocycles. The summed E-state index contributed by atoms with van der Waals surface area (Å²) in [5.41, 5.74) is 0.832. The maximum absolute atomic E-state index is 11.9. The number of ether oxygens (including phenoxy) is 1. The van der Waals surface area contributed by atoms with E-state index in [4.69, 9.17) is 16.3 Å². The maximum atomic E-state index is 11.9. The molecule has 0 atom stereocenters. The zero-order valence-electron chi connectivity index (χ0n) is 14.0. The second-order valence-corrected chi connectivity index (χ2v) is 6.70. The predicted molar refractivity (Wildman–Crippen MR) is 98.2 cm³/mol. The molecule has 0 saturated carbocycles. The van der Waals surface area contributed by atoms with E-state index in [1.54, 1.807) is 7.11 Å². The number of hydrogen-bond acceptors (Lipinski definition) is 5. The molecule has 0 radical (unpaired) electrons. The van der Waals surface area contributed by atoms with Gasteiger partial charge in [-0.2, -0.15) is 0 Å². The molecule has 0 aliphatic heterocycles. The van der Waals surface area contributed by atoms with E-state index in [1.807, 2.05) is 24.3 Å². The Labute approximate surface area is 155 Å². The summed E-state index contributed by atoms with van der Waals surface area (Å²) in [6.45, 7) is 1.61. The first kappa shape index (κ1) is 19.6. The number of carbonyl (C=O) groups excluding carboxylic acids is 1. The molecule has 0 unspecified atom stereocenters. The molecule has 7 nitrogen and oxygen atoms in total. The van der Waals surface area contributed by atoms with Crippen LogP contribution in [-0.4, -0.2) is 46.7 Å². The van der Waals surface area contributed by atoms with Crippen LogP contribution in [0, 0.1) is 0 Å². The van der Waals surface area contributed by atoms with Gasteiger partial charge in [-0.05, 0) is 30.5 Å². The van der Waals surface area contributed by atoms with Gasteiger partial charge in [0.05, 0.1) is 5.75 Å². The third-order valence-corrected chi connectivity index (χ3v) is 4.66. The molecule has 2 aromatic rings.